The molecule has 2 aromatic carbocycles. The van der Waals surface area contributed by atoms with Crippen molar-refractivity contribution in [3.8, 4) is 11.4 Å². The highest BCUT2D eigenvalue weighted by atomic mass is 35.5. The van der Waals surface area contributed by atoms with Crippen molar-refractivity contribution >= 4 is 17.5 Å². The van der Waals surface area contributed by atoms with Gasteiger partial charge in [-0.05, 0) is 55.5 Å². The topological polar surface area (TPSA) is 56.2 Å². The average molecular weight is 356 g/mol. The van der Waals surface area contributed by atoms with Crippen molar-refractivity contribution in [2.75, 3.05) is 13.2 Å². The number of carbonyl (C=O) groups is 1. The second-order valence-electron chi connectivity index (χ2n) is 5.49. The van der Waals surface area contributed by atoms with Gasteiger partial charge in [0.25, 0.3) is 5.91 Å². The maximum Gasteiger partial charge on any atom is 0.251 e. The second kappa shape index (κ2) is 7.85. The van der Waals surface area contributed by atoms with Crippen LogP contribution in [0.1, 0.15) is 16.1 Å². The number of aryl methyl sites for hydroxylation is 1. The first-order valence-electron chi connectivity index (χ1n) is 7.91. The van der Waals surface area contributed by atoms with Crippen LogP contribution in [0.25, 0.3) is 5.69 Å². The van der Waals surface area contributed by atoms with Crippen molar-refractivity contribution < 1.29 is 9.53 Å². The number of benzene rings is 2. The lowest BCUT2D eigenvalue weighted by Crippen LogP contribution is -2.28. The van der Waals surface area contributed by atoms with E-state index in [9.17, 15) is 4.79 Å². The Morgan fingerprint density at radius 1 is 1.20 bits per heavy atom. The summed E-state index contributed by atoms with van der Waals surface area (Å²) < 4.78 is 7.36. The Morgan fingerprint density at radius 3 is 2.68 bits per heavy atom. The van der Waals surface area contributed by atoms with E-state index < -0.39 is 0 Å². The van der Waals surface area contributed by atoms with E-state index >= 15 is 0 Å². The van der Waals surface area contributed by atoms with Crippen LogP contribution in [-0.4, -0.2) is 28.8 Å². The van der Waals surface area contributed by atoms with Crippen molar-refractivity contribution in [1.29, 1.82) is 0 Å². The van der Waals surface area contributed by atoms with Gasteiger partial charge in [0.05, 0.1) is 12.2 Å². The van der Waals surface area contributed by atoms with Gasteiger partial charge in [-0.15, -0.1) is 0 Å². The molecule has 0 aliphatic rings. The van der Waals surface area contributed by atoms with Crippen LogP contribution in [0.4, 0.5) is 0 Å². The van der Waals surface area contributed by atoms with Gasteiger partial charge in [0.1, 0.15) is 12.4 Å². The zero-order valence-corrected chi connectivity index (χ0v) is 14.5. The monoisotopic (exact) mass is 355 g/mol. The van der Waals surface area contributed by atoms with Crippen LogP contribution in [-0.2, 0) is 0 Å². The number of aromatic nitrogens is 2. The Bertz CT molecular complexity index is 859. The van der Waals surface area contributed by atoms with Gasteiger partial charge >= 0.3 is 0 Å². The molecule has 0 saturated carbocycles. The minimum absolute atomic E-state index is 0.140. The number of nitrogens with zero attached hydrogens (tertiary/aromatic N) is 2. The molecule has 0 spiro atoms. The summed E-state index contributed by atoms with van der Waals surface area (Å²) in [5.74, 6) is 0.541. The van der Waals surface area contributed by atoms with Gasteiger partial charge in [0, 0.05) is 22.5 Å². The lowest BCUT2D eigenvalue weighted by atomic mass is 10.2. The van der Waals surface area contributed by atoms with E-state index in [-0.39, 0.29) is 5.91 Å². The molecule has 0 bridgehead atoms. The molecule has 3 aromatic rings. The Morgan fingerprint density at radius 2 is 2.00 bits per heavy atom. The largest absolute Gasteiger partial charge is 0.492 e. The third kappa shape index (κ3) is 4.39. The van der Waals surface area contributed by atoms with E-state index in [1.165, 1.54) is 0 Å². The number of amides is 1. The van der Waals surface area contributed by atoms with Crippen LogP contribution < -0.4 is 10.1 Å². The molecule has 0 aliphatic carbocycles. The number of halogens is 1. The Kier molecular flexibility index (Phi) is 5.36. The number of rotatable bonds is 6. The molecular formula is C19H18ClN3O2. The third-order valence-corrected chi connectivity index (χ3v) is 3.89. The van der Waals surface area contributed by atoms with Gasteiger partial charge < -0.3 is 10.1 Å². The highest BCUT2D eigenvalue weighted by molar-refractivity contribution is 6.30. The molecule has 0 saturated heterocycles. The lowest BCUT2D eigenvalue weighted by Gasteiger charge is -2.09. The van der Waals surface area contributed by atoms with Crippen LogP contribution in [0, 0.1) is 6.92 Å². The van der Waals surface area contributed by atoms with Crippen molar-refractivity contribution in [1.82, 2.24) is 15.1 Å². The standard InChI is InChI=1S/C19H18ClN3O2/c1-14-9-10-22-23(14)17-7-5-15(6-8-17)19(24)21-11-12-25-18-4-2-3-16(20)13-18/h2-10,13H,11-12H2,1H3,(H,21,24). The molecule has 3 rings (SSSR count). The lowest BCUT2D eigenvalue weighted by molar-refractivity contribution is 0.0947. The minimum atomic E-state index is -0.140. The molecule has 0 fully saturated rings. The Hall–Kier alpha value is -2.79. The molecule has 0 atom stereocenters. The van der Waals surface area contributed by atoms with E-state index in [2.05, 4.69) is 10.4 Å². The molecular weight excluding hydrogens is 338 g/mol. The molecule has 1 amide bonds. The minimum Gasteiger partial charge on any atom is -0.492 e. The van der Waals surface area contributed by atoms with Crippen molar-refractivity contribution in [3.05, 3.63) is 77.1 Å². The van der Waals surface area contributed by atoms with E-state index in [0.717, 1.165) is 11.4 Å². The predicted octanol–water partition coefficient (Wildman–Crippen LogP) is 3.64. The van der Waals surface area contributed by atoms with E-state index in [1.54, 1.807) is 30.5 Å². The molecule has 1 heterocycles. The number of ether oxygens (including phenoxy) is 1. The summed E-state index contributed by atoms with van der Waals surface area (Å²) >= 11 is 5.89. The fourth-order valence-electron chi connectivity index (χ4n) is 2.39. The van der Waals surface area contributed by atoms with Crippen molar-refractivity contribution in [3.63, 3.8) is 0 Å². The molecule has 5 nitrogen and oxygen atoms in total. The summed E-state index contributed by atoms with van der Waals surface area (Å²) in [4.78, 5) is 12.2. The summed E-state index contributed by atoms with van der Waals surface area (Å²) in [5.41, 5.74) is 2.55. The Labute approximate surface area is 151 Å². The summed E-state index contributed by atoms with van der Waals surface area (Å²) in [5, 5.41) is 7.70. The van der Waals surface area contributed by atoms with Crippen molar-refractivity contribution in [2.45, 2.75) is 6.92 Å². The van der Waals surface area contributed by atoms with Crippen LogP contribution in [0.3, 0.4) is 0 Å². The SMILES string of the molecule is Cc1ccnn1-c1ccc(C(=O)NCCOc2cccc(Cl)c2)cc1. The fourth-order valence-corrected chi connectivity index (χ4v) is 2.57. The summed E-state index contributed by atoms with van der Waals surface area (Å²) in [6.45, 7) is 2.76. The van der Waals surface area contributed by atoms with Gasteiger partial charge in [-0.3, -0.25) is 4.79 Å². The molecule has 1 aromatic heterocycles. The second-order valence-corrected chi connectivity index (χ2v) is 5.93. The first-order chi connectivity index (χ1) is 12.1. The van der Waals surface area contributed by atoms with E-state index in [4.69, 9.17) is 16.3 Å². The Balaban J connectivity index is 1.51. The van der Waals surface area contributed by atoms with Gasteiger partial charge in [0.2, 0.25) is 0 Å². The highest BCUT2D eigenvalue weighted by Gasteiger charge is 2.06. The molecule has 0 aliphatic heterocycles. The van der Waals surface area contributed by atoms with Crippen LogP contribution in [0.2, 0.25) is 5.02 Å². The first kappa shape index (κ1) is 17.0. The van der Waals surface area contributed by atoms with E-state index in [1.807, 2.05) is 41.9 Å². The smallest absolute Gasteiger partial charge is 0.251 e. The molecule has 25 heavy (non-hydrogen) atoms. The number of nitrogens with one attached hydrogen (secondary N) is 1. The number of hydrogen-bond donors (Lipinski definition) is 1. The third-order valence-electron chi connectivity index (χ3n) is 3.66. The van der Waals surface area contributed by atoms with Gasteiger partial charge in [-0.1, -0.05) is 17.7 Å². The van der Waals surface area contributed by atoms with Crippen molar-refractivity contribution in [2.24, 2.45) is 0 Å². The summed E-state index contributed by atoms with van der Waals surface area (Å²) in [6.07, 6.45) is 1.75. The maximum atomic E-state index is 12.2. The van der Waals surface area contributed by atoms with Crippen LogP contribution in [0.5, 0.6) is 5.75 Å². The molecule has 128 valence electrons. The first-order valence-corrected chi connectivity index (χ1v) is 8.29. The zero-order chi connectivity index (χ0) is 17.6. The van der Waals surface area contributed by atoms with Crippen LogP contribution in [0.15, 0.2) is 60.8 Å². The molecule has 6 heteroatoms. The normalized spacial score (nSPS) is 10.5. The average Bonchev–Trinajstić information content (AvgIpc) is 3.05. The summed E-state index contributed by atoms with van der Waals surface area (Å²) in [6, 6.07) is 16.4. The summed E-state index contributed by atoms with van der Waals surface area (Å²) in [7, 11) is 0. The van der Waals surface area contributed by atoms with Gasteiger partial charge in [0.15, 0.2) is 0 Å². The number of hydrogen-bond acceptors (Lipinski definition) is 3. The molecule has 0 unspecified atom stereocenters. The van der Waals surface area contributed by atoms with E-state index in [0.29, 0.717) is 29.5 Å². The zero-order valence-electron chi connectivity index (χ0n) is 13.8. The predicted molar refractivity (Wildman–Crippen MR) is 97.6 cm³/mol. The number of carbonyl (C=O) groups excluding carboxylic acids is 1. The highest BCUT2D eigenvalue weighted by Crippen LogP contribution is 2.16. The maximum absolute atomic E-state index is 12.2. The molecule has 0 radical (unpaired) electrons. The fraction of sp³-hybridized carbons (Fsp3) is 0.158. The quantitative estimate of drug-likeness (QED) is 0.687. The van der Waals surface area contributed by atoms with Crippen LogP contribution >= 0.6 is 11.6 Å². The van der Waals surface area contributed by atoms with Gasteiger partial charge in [-0.2, -0.15) is 5.10 Å². The molecule has 1 N–H and O–H groups in total. The van der Waals surface area contributed by atoms with Gasteiger partial charge in [-0.25, -0.2) is 4.68 Å².